The summed E-state index contributed by atoms with van der Waals surface area (Å²) in [7, 11) is 7.41. The van der Waals surface area contributed by atoms with E-state index in [9.17, 15) is 9.59 Å². The lowest BCUT2D eigenvalue weighted by atomic mass is 10.1. The maximum Gasteiger partial charge on any atom is 0.223 e. The van der Waals surface area contributed by atoms with Crippen molar-refractivity contribution in [2.75, 3.05) is 196 Å². The molecule has 0 spiro atoms. The molecular formula is C40H96N16O2S2. The Labute approximate surface area is 375 Å². The summed E-state index contributed by atoms with van der Waals surface area (Å²) in [6.45, 7) is 29.1. The van der Waals surface area contributed by atoms with E-state index in [4.69, 9.17) is 17.2 Å². The molecule has 20 heteroatoms. The maximum atomic E-state index is 13.3. The molecule has 0 radical (unpaired) electrons. The van der Waals surface area contributed by atoms with Crippen molar-refractivity contribution in [3.63, 3.8) is 0 Å². The summed E-state index contributed by atoms with van der Waals surface area (Å²) in [5.74, 6) is 1.77. The summed E-state index contributed by atoms with van der Waals surface area (Å²) in [6, 6.07) is 0. The van der Waals surface area contributed by atoms with Crippen LogP contribution in [0.4, 0.5) is 0 Å². The summed E-state index contributed by atoms with van der Waals surface area (Å²) in [5.41, 5.74) is 16.8. The van der Waals surface area contributed by atoms with Gasteiger partial charge in [-0.1, -0.05) is 41.9 Å². The first-order valence-corrected chi connectivity index (χ1v) is 25.2. The zero-order valence-corrected chi connectivity index (χ0v) is 40.8. The van der Waals surface area contributed by atoms with Gasteiger partial charge in [0.05, 0.1) is 0 Å². The van der Waals surface area contributed by atoms with Crippen molar-refractivity contribution in [2.45, 2.75) is 52.5 Å². The Morgan fingerprint density at radius 3 is 1.07 bits per heavy atom. The number of nitrogens with zero attached hydrogens (tertiary/aromatic N) is 3. The van der Waals surface area contributed by atoms with Crippen molar-refractivity contribution in [1.29, 1.82) is 0 Å². The highest BCUT2D eigenvalue weighted by atomic mass is 33.1. The largest absolute Gasteiger partial charge is 0.340 e. The van der Waals surface area contributed by atoms with Gasteiger partial charge in [0.1, 0.15) is 0 Å². The molecule has 0 heterocycles. The topological polar surface area (TPSA) is 242 Å². The first kappa shape index (κ1) is 61.2. The van der Waals surface area contributed by atoms with E-state index in [2.05, 4.69) is 71.9 Å². The van der Waals surface area contributed by atoms with E-state index in [0.717, 1.165) is 137 Å². The lowest BCUT2D eigenvalue weighted by Crippen LogP contribution is -2.45. The Kier molecular flexibility index (Phi) is 48.5. The zero-order valence-electron chi connectivity index (χ0n) is 39.1. The second-order valence-corrected chi connectivity index (χ2v) is 18.3. The van der Waals surface area contributed by atoms with Crippen LogP contribution in [0.25, 0.3) is 0 Å². The predicted molar refractivity (Wildman–Crippen MR) is 262 cm³/mol. The summed E-state index contributed by atoms with van der Waals surface area (Å²) >= 11 is 0. The Balaban J connectivity index is 0. The van der Waals surface area contributed by atoms with Gasteiger partial charge in [0.25, 0.3) is 0 Å². The van der Waals surface area contributed by atoms with Crippen LogP contribution in [-0.2, 0) is 9.59 Å². The molecule has 360 valence electrons. The van der Waals surface area contributed by atoms with Gasteiger partial charge in [-0.2, -0.15) is 0 Å². The van der Waals surface area contributed by atoms with Crippen molar-refractivity contribution in [2.24, 2.45) is 17.2 Å². The second kappa shape index (κ2) is 47.6. The fraction of sp³-hybridized carbons (Fsp3) is 0.950. The van der Waals surface area contributed by atoms with E-state index in [1.165, 1.54) is 6.42 Å². The van der Waals surface area contributed by atoms with E-state index in [-0.39, 0.29) is 17.4 Å². The first-order chi connectivity index (χ1) is 29.0. The summed E-state index contributed by atoms with van der Waals surface area (Å²) in [6.07, 6.45) is 2.21. The van der Waals surface area contributed by atoms with Crippen LogP contribution in [0.1, 0.15) is 47.0 Å². The van der Waals surface area contributed by atoms with Crippen LogP contribution in [0, 0.1) is 0 Å². The SMILES string of the molecule is CCC.CN(C)CNCCN(CCNCCNCCNCCNCCN)C(=O)CCSSCCC(=O)N(CCNCCNCCNCCN)CCNCCNCC(C)(C)N. The minimum Gasteiger partial charge on any atom is -0.340 e. The number of carbonyl (C=O) groups excluding carboxylic acids is 2. The van der Waals surface area contributed by atoms with Crippen LogP contribution in [0.2, 0.25) is 0 Å². The number of amides is 2. The third kappa shape index (κ3) is 48.1. The van der Waals surface area contributed by atoms with Gasteiger partial charge in [0.2, 0.25) is 11.8 Å². The van der Waals surface area contributed by atoms with Crippen LogP contribution in [0.15, 0.2) is 0 Å². The van der Waals surface area contributed by atoms with E-state index in [1.807, 2.05) is 37.7 Å². The van der Waals surface area contributed by atoms with Crippen molar-refractivity contribution >= 4 is 33.4 Å². The van der Waals surface area contributed by atoms with Crippen LogP contribution in [0.3, 0.4) is 0 Å². The molecular weight excluding hydrogens is 801 g/mol. The van der Waals surface area contributed by atoms with E-state index >= 15 is 0 Å². The van der Waals surface area contributed by atoms with Gasteiger partial charge in [-0.05, 0) is 27.9 Å². The Bertz CT molecular complexity index is 912. The van der Waals surface area contributed by atoms with Crippen molar-refractivity contribution < 1.29 is 9.59 Å². The first-order valence-electron chi connectivity index (χ1n) is 22.7. The van der Waals surface area contributed by atoms with Gasteiger partial charge in [-0.15, -0.1) is 0 Å². The monoisotopic (exact) mass is 897 g/mol. The summed E-state index contributed by atoms with van der Waals surface area (Å²) in [4.78, 5) is 32.5. The van der Waals surface area contributed by atoms with E-state index < -0.39 is 0 Å². The molecule has 0 aliphatic heterocycles. The number of carbonyl (C=O) groups is 2. The molecule has 2 amide bonds. The molecule has 0 atom stereocenters. The molecule has 0 aromatic rings. The third-order valence-corrected chi connectivity index (χ3v) is 10.8. The Hall–Kier alpha value is -0.920. The second-order valence-electron chi connectivity index (χ2n) is 15.6. The highest BCUT2D eigenvalue weighted by Gasteiger charge is 2.15. The fourth-order valence-corrected chi connectivity index (χ4v) is 7.21. The smallest absolute Gasteiger partial charge is 0.223 e. The molecule has 60 heavy (non-hydrogen) atoms. The molecule has 0 aromatic heterocycles. The van der Waals surface area contributed by atoms with E-state index in [0.29, 0.717) is 57.9 Å². The average molecular weight is 897 g/mol. The van der Waals surface area contributed by atoms with Crippen LogP contribution in [-0.4, -0.2) is 228 Å². The molecule has 18 nitrogen and oxygen atoms in total. The standard InChI is InChI=1S/C37H88N16O2S2.C3H8/c1-37(2,40)33-49-22-21-48-25-28-52(27-23-46-19-17-44-14-12-42-10-8-39)35(54)5-31-56-57-32-6-36(55)53(30-26-50-34-51(3)4)29-24-47-20-18-45-16-15-43-13-11-41-9-7-38;1-3-2/h41-50H,5-34,38-40H2,1-4H3;3H2,1-2H3. The Morgan fingerprint density at radius 1 is 0.483 bits per heavy atom. The maximum absolute atomic E-state index is 13.3. The molecule has 0 aromatic carbocycles. The molecule has 0 unspecified atom stereocenters. The number of nitrogens with two attached hydrogens (primary N) is 3. The molecule has 0 rings (SSSR count). The Morgan fingerprint density at radius 2 is 0.767 bits per heavy atom. The van der Waals surface area contributed by atoms with Crippen LogP contribution in [0.5, 0.6) is 0 Å². The van der Waals surface area contributed by atoms with Crippen molar-refractivity contribution in [1.82, 2.24) is 67.9 Å². The molecule has 0 aliphatic carbocycles. The highest BCUT2D eigenvalue weighted by molar-refractivity contribution is 8.76. The van der Waals surface area contributed by atoms with Gasteiger partial charge >= 0.3 is 0 Å². The molecule has 0 saturated carbocycles. The van der Waals surface area contributed by atoms with Gasteiger partial charge in [0.15, 0.2) is 0 Å². The van der Waals surface area contributed by atoms with Gasteiger partial charge in [0, 0.05) is 200 Å². The summed E-state index contributed by atoms with van der Waals surface area (Å²) < 4.78 is 0. The van der Waals surface area contributed by atoms with Crippen molar-refractivity contribution in [3.05, 3.63) is 0 Å². The molecule has 0 aliphatic rings. The molecule has 0 bridgehead atoms. The van der Waals surface area contributed by atoms with Crippen LogP contribution < -0.4 is 70.4 Å². The minimum atomic E-state index is -0.236. The lowest BCUT2D eigenvalue weighted by molar-refractivity contribution is -0.131. The minimum absolute atomic E-state index is 0.164. The number of rotatable bonds is 45. The molecule has 0 saturated heterocycles. The van der Waals surface area contributed by atoms with Gasteiger partial charge < -0.3 is 80.2 Å². The van der Waals surface area contributed by atoms with Crippen LogP contribution >= 0.6 is 21.6 Å². The molecule has 16 N–H and O–H groups in total. The number of hydrogen-bond acceptors (Lipinski definition) is 18. The average Bonchev–Trinajstić information content (AvgIpc) is 3.20. The quantitative estimate of drug-likeness (QED) is 0.0169. The highest BCUT2D eigenvalue weighted by Crippen LogP contribution is 2.23. The normalized spacial score (nSPS) is 11.6. The van der Waals surface area contributed by atoms with Crippen molar-refractivity contribution in [3.8, 4) is 0 Å². The third-order valence-electron chi connectivity index (χ3n) is 8.34. The number of nitrogens with one attached hydrogen (secondary N) is 10. The van der Waals surface area contributed by atoms with E-state index in [1.54, 1.807) is 21.6 Å². The zero-order chi connectivity index (χ0) is 44.8. The fourth-order valence-electron chi connectivity index (χ4n) is 5.25. The van der Waals surface area contributed by atoms with Gasteiger partial charge in [-0.3, -0.25) is 14.5 Å². The lowest BCUT2D eigenvalue weighted by Gasteiger charge is -2.24. The predicted octanol–water partition coefficient (Wildman–Crippen LogP) is -2.71. The van der Waals surface area contributed by atoms with Gasteiger partial charge in [-0.25, -0.2) is 0 Å². The number of hydrogen-bond donors (Lipinski definition) is 13. The molecule has 0 fully saturated rings. The summed E-state index contributed by atoms with van der Waals surface area (Å²) in [5, 5.41) is 34.0.